The van der Waals surface area contributed by atoms with Crippen molar-refractivity contribution in [3.8, 4) is 0 Å². The highest BCUT2D eigenvalue weighted by Gasteiger charge is 2.09. The summed E-state index contributed by atoms with van der Waals surface area (Å²) < 4.78 is 2.86. The topological polar surface area (TPSA) is 59.5 Å². The molecule has 0 bridgehead atoms. The SMILES string of the molecule is CN(c1ccc2nc(CN)cn2n1)c1ccc(Br)s1. The second-order valence-electron chi connectivity index (χ2n) is 4.07. The van der Waals surface area contributed by atoms with E-state index in [1.807, 2.05) is 36.3 Å². The van der Waals surface area contributed by atoms with Crippen molar-refractivity contribution >= 4 is 43.7 Å². The van der Waals surface area contributed by atoms with Crippen molar-refractivity contribution in [2.24, 2.45) is 5.73 Å². The summed E-state index contributed by atoms with van der Waals surface area (Å²) in [5.41, 5.74) is 7.24. The Kier molecular flexibility index (Phi) is 3.26. The normalized spacial score (nSPS) is 11.1. The van der Waals surface area contributed by atoms with Crippen molar-refractivity contribution in [2.45, 2.75) is 6.54 Å². The first-order chi connectivity index (χ1) is 9.17. The van der Waals surface area contributed by atoms with Gasteiger partial charge in [-0.05, 0) is 40.2 Å². The average molecular weight is 338 g/mol. The van der Waals surface area contributed by atoms with Crippen LogP contribution in [0.3, 0.4) is 0 Å². The van der Waals surface area contributed by atoms with E-state index in [1.54, 1.807) is 15.9 Å². The summed E-state index contributed by atoms with van der Waals surface area (Å²) >= 11 is 5.13. The van der Waals surface area contributed by atoms with Gasteiger partial charge in [0, 0.05) is 13.6 Å². The molecular formula is C12H12BrN5S. The molecule has 0 spiro atoms. The molecule has 0 aliphatic carbocycles. The summed E-state index contributed by atoms with van der Waals surface area (Å²) in [7, 11) is 1.99. The first-order valence-corrected chi connectivity index (χ1v) is 7.33. The van der Waals surface area contributed by atoms with Gasteiger partial charge in [0.15, 0.2) is 11.5 Å². The van der Waals surface area contributed by atoms with Crippen LogP contribution < -0.4 is 10.6 Å². The van der Waals surface area contributed by atoms with Crippen LogP contribution in [0, 0.1) is 0 Å². The molecule has 3 aromatic heterocycles. The molecule has 0 aliphatic heterocycles. The molecule has 0 saturated carbocycles. The third kappa shape index (κ3) is 2.36. The maximum Gasteiger partial charge on any atom is 0.154 e. The molecule has 0 atom stereocenters. The lowest BCUT2D eigenvalue weighted by Crippen LogP contribution is -2.11. The van der Waals surface area contributed by atoms with Gasteiger partial charge in [-0.15, -0.1) is 16.4 Å². The predicted octanol–water partition coefficient (Wildman–Crippen LogP) is 2.78. The van der Waals surface area contributed by atoms with Crippen LogP contribution in [-0.4, -0.2) is 21.6 Å². The van der Waals surface area contributed by atoms with E-state index < -0.39 is 0 Å². The molecule has 98 valence electrons. The Labute approximate surface area is 122 Å². The fourth-order valence-electron chi connectivity index (χ4n) is 1.80. The van der Waals surface area contributed by atoms with E-state index in [2.05, 4.69) is 32.1 Å². The lowest BCUT2D eigenvalue weighted by atomic mass is 10.4. The second-order valence-corrected chi connectivity index (χ2v) is 6.51. The Hall–Kier alpha value is -1.44. The Morgan fingerprint density at radius 2 is 2.21 bits per heavy atom. The molecule has 3 aromatic rings. The Balaban J connectivity index is 2.00. The van der Waals surface area contributed by atoms with E-state index in [4.69, 9.17) is 5.73 Å². The van der Waals surface area contributed by atoms with E-state index in [9.17, 15) is 0 Å². The van der Waals surface area contributed by atoms with Crippen LogP contribution in [0.5, 0.6) is 0 Å². The number of nitrogens with zero attached hydrogens (tertiary/aromatic N) is 4. The predicted molar refractivity (Wildman–Crippen MR) is 81.0 cm³/mol. The lowest BCUT2D eigenvalue weighted by Gasteiger charge is -2.15. The van der Waals surface area contributed by atoms with Gasteiger partial charge in [-0.25, -0.2) is 9.50 Å². The highest BCUT2D eigenvalue weighted by atomic mass is 79.9. The number of hydrogen-bond acceptors (Lipinski definition) is 5. The molecule has 0 fully saturated rings. The van der Waals surface area contributed by atoms with E-state index in [0.29, 0.717) is 6.54 Å². The molecule has 0 aromatic carbocycles. The molecule has 0 aliphatic rings. The molecule has 7 heteroatoms. The number of hydrogen-bond donors (Lipinski definition) is 1. The van der Waals surface area contributed by atoms with Gasteiger partial charge in [0.2, 0.25) is 0 Å². The molecule has 2 N–H and O–H groups in total. The summed E-state index contributed by atoms with van der Waals surface area (Å²) in [6.45, 7) is 0.423. The van der Waals surface area contributed by atoms with E-state index in [-0.39, 0.29) is 0 Å². The van der Waals surface area contributed by atoms with Gasteiger partial charge >= 0.3 is 0 Å². The number of thiophene rings is 1. The largest absolute Gasteiger partial charge is 0.325 e. The van der Waals surface area contributed by atoms with Crippen LogP contribution in [0.15, 0.2) is 34.2 Å². The smallest absolute Gasteiger partial charge is 0.154 e. The molecule has 0 unspecified atom stereocenters. The number of fused-ring (bicyclic) bond motifs is 1. The van der Waals surface area contributed by atoms with Crippen molar-refractivity contribution in [3.63, 3.8) is 0 Å². The first-order valence-electron chi connectivity index (χ1n) is 5.72. The van der Waals surface area contributed by atoms with Crippen LogP contribution >= 0.6 is 27.3 Å². The van der Waals surface area contributed by atoms with Gasteiger partial charge in [-0.2, -0.15) is 0 Å². The first kappa shape index (κ1) is 12.6. The molecule has 3 rings (SSSR count). The average Bonchev–Trinajstić information content (AvgIpc) is 3.02. The third-order valence-electron chi connectivity index (χ3n) is 2.80. The van der Waals surface area contributed by atoms with Gasteiger partial charge < -0.3 is 10.6 Å². The molecule has 0 radical (unpaired) electrons. The van der Waals surface area contributed by atoms with Crippen LogP contribution in [0.4, 0.5) is 10.8 Å². The Morgan fingerprint density at radius 3 is 2.89 bits per heavy atom. The third-order valence-corrected chi connectivity index (χ3v) is 4.50. The van der Waals surface area contributed by atoms with Crippen molar-refractivity contribution in [2.75, 3.05) is 11.9 Å². The van der Waals surface area contributed by atoms with E-state index >= 15 is 0 Å². The lowest BCUT2D eigenvalue weighted by molar-refractivity contribution is 0.911. The maximum absolute atomic E-state index is 5.59. The number of anilines is 2. The fourth-order valence-corrected chi connectivity index (χ4v) is 3.13. The van der Waals surface area contributed by atoms with Crippen LogP contribution in [0.25, 0.3) is 5.65 Å². The van der Waals surface area contributed by atoms with Gasteiger partial charge in [0.25, 0.3) is 0 Å². The van der Waals surface area contributed by atoms with E-state index in [0.717, 1.165) is 25.9 Å². The standard InChI is InChI=1S/C12H12BrN5S/c1-17(12-5-2-9(13)19-12)11-4-3-10-15-8(6-14)7-18(10)16-11/h2-5,7H,6,14H2,1H3. The fraction of sp³-hybridized carbons (Fsp3) is 0.167. The second kappa shape index (κ2) is 4.92. The van der Waals surface area contributed by atoms with Crippen molar-refractivity contribution < 1.29 is 0 Å². The maximum atomic E-state index is 5.59. The molecule has 19 heavy (non-hydrogen) atoms. The minimum absolute atomic E-state index is 0.423. The molecule has 0 amide bonds. The zero-order valence-corrected chi connectivity index (χ0v) is 12.6. The van der Waals surface area contributed by atoms with Crippen molar-refractivity contribution in [1.29, 1.82) is 0 Å². The van der Waals surface area contributed by atoms with Crippen LogP contribution in [0.1, 0.15) is 5.69 Å². The summed E-state index contributed by atoms with van der Waals surface area (Å²) in [4.78, 5) is 6.40. The number of nitrogens with two attached hydrogens (primary N) is 1. The zero-order chi connectivity index (χ0) is 13.4. The van der Waals surface area contributed by atoms with E-state index in [1.165, 1.54) is 0 Å². The van der Waals surface area contributed by atoms with Gasteiger partial charge in [-0.3, -0.25) is 0 Å². The number of halogens is 1. The summed E-state index contributed by atoms with van der Waals surface area (Å²) in [6, 6.07) is 7.98. The minimum atomic E-state index is 0.423. The zero-order valence-electron chi connectivity index (χ0n) is 10.2. The number of rotatable bonds is 3. The summed E-state index contributed by atoms with van der Waals surface area (Å²) in [6.07, 6.45) is 1.86. The Bertz CT molecular complexity index is 720. The summed E-state index contributed by atoms with van der Waals surface area (Å²) in [5, 5.41) is 5.67. The van der Waals surface area contributed by atoms with Crippen molar-refractivity contribution in [1.82, 2.24) is 14.6 Å². The number of aromatic nitrogens is 3. The molecule has 3 heterocycles. The van der Waals surface area contributed by atoms with Crippen LogP contribution in [0.2, 0.25) is 0 Å². The van der Waals surface area contributed by atoms with Crippen LogP contribution in [-0.2, 0) is 6.54 Å². The minimum Gasteiger partial charge on any atom is -0.325 e. The molecule has 0 saturated heterocycles. The molecule has 5 nitrogen and oxygen atoms in total. The Morgan fingerprint density at radius 1 is 1.37 bits per heavy atom. The van der Waals surface area contributed by atoms with Gasteiger partial charge in [0.1, 0.15) is 0 Å². The number of imidazole rings is 1. The summed E-state index contributed by atoms with van der Waals surface area (Å²) in [5.74, 6) is 0.864. The van der Waals surface area contributed by atoms with Gasteiger partial charge in [0.05, 0.1) is 20.7 Å². The highest BCUT2D eigenvalue weighted by Crippen LogP contribution is 2.32. The van der Waals surface area contributed by atoms with Gasteiger partial charge in [-0.1, -0.05) is 0 Å². The highest BCUT2D eigenvalue weighted by molar-refractivity contribution is 9.11. The van der Waals surface area contributed by atoms with Crippen molar-refractivity contribution in [3.05, 3.63) is 39.9 Å². The quantitative estimate of drug-likeness (QED) is 0.798. The monoisotopic (exact) mass is 337 g/mol. The molecular weight excluding hydrogens is 326 g/mol.